The molecule has 2 aromatic carbocycles. The van der Waals surface area contributed by atoms with Crippen molar-refractivity contribution in [3.63, 3.8) is 0 Å². The summed E-state index contributed by atoms with van der Waals surface area (Å²) in [4.78, 5) is 38.8. The molecule has 3 rings (SSSR count). The van der Waals surface area contributed by atoms with Crippen LogP contribution >= 0.6 is 0 Å². The van der Waals surface area contributed by atoms with Gasteiger partial charge in [-0.1, -0.05) is 26.7 Å². The average molecular weight is 483 g/mol. The van der Waals surface area contributed by atoms with Crippen molar-refractivity contribution in [3.8, 4) is 11.4 Å². The Morgan fingerprint density at radius 2 is 1.57 bits per heavy atom. The van der Waals surface area contributed by atoms with Crippen molar-refractivity contribution in [1.29, 1.82) is 0 Å². The number of aromatic hydroxyl groups is 1. The van der Waals surface area contributed by atoms with Crippen molar-refractivity contribution >= 4 is 17.4 Å². The number of aryl methyl sites for hydroxylation is 2. The molecule has 3 aromatic rings. The Balaban J connectivity index is 2.07. The number of nitrogen functional groups attached to an aromatic ring is 1. The molecule has 0 saturated carbocycles. The van der Waals surface area contributed by atoms with E-state index in [1.165, 1.54) is 19.2 Å². The first kappa shape index (κ1) is 25.7. The second kappa shape index (κ2) is 11.0. The molecule has 8 nitrogen and oxygen atoms in total. The number of carbonyl (C=O) groups excluding carboxylic acids is 1. The van der Waals surface area contributed by atoms with Crippen LogP contribution < -0.4 is 22.3 Å². The van der Waals surface area contributed by atoms with Crippen LogP contribution in [0.4, 0.5) is 15.9 Å². The molecule has 1 amide bonds. The number of nitrogens with two attached hydrogens (primary N) is 1. The normalized spacial score (nSPS) is 11.0. The summed E-state index contributed by atoms with van der Waals surface area (Å²) in [7, 11) is 1.27. The Bertz CT molecular complexity index is 1310. The molecule has 9 heteroatoms. The Morgan fingerprint density at radius 3 is 2.09 bits per heavy atom. The summed E-state index contributed by atoms with van der Waals surface area (Å²) in [6.07, 6.45) is 4.78. The molecule has 0 aliphatic heterocycles. The Hall–Kier alpha value is -3.88. The zero-order chi connectivity index (χ0) is 25.7. The topological polar surface area (TPSA) is 119 Å². The van der Waals surface area contributed by atoms with Gasteiger partial charge in [0.2, 0.25) is 0 Å². The van der Waals surface area contributed by atoms with Gasteiger partial charge in [-0.3, -0.25) is 14.2 Å². The Labute approximate surface area is 202 Å². The molecule has 0 fully saturated rings. The summed E-state index contributed by atoms with van der Waals surface area (Å²) < 4.78 is 15.2. The van der Waals surface area contributed by atoms with Gasteiger partial charge in [0, 0.05) is 12.6 Å². The molecule has 0 unspecified atom stereocenters. The summed E-state index contributed by atoms with van der Waals surface area (Å²) in [5.41, 5.74) is 6.26. The fourth-order valence-electron chi connectivity index (χ4n) is 3.88. The van der Waals surface area contributed by atoms with Crippen molar-refractivity contribution in [2.45, 2.75) is 52.4 Å². The maximum Gasteiger partial charge on any atom is 0.337 e. The highest BCUT2D eigenvalue weighted by molar-refractivity contribution is 6.05. The highest BCUT2D eigenvalue weighted by Gasteiger charge is 2.21. The van der Waals surface area contributed by atoms with Crippen molar-refractivity contribution in [2.24, 2.45) is 7.05 Å². The monoisotopic (exact) mass is 482 g/mol. The summed E-state index contributed by atoms with van der Waals surface area (Å²) >= 11 is 0. The molecule has 0 atom stereocenters. The minimum absolute atomic E-state index is 0.198. The number of amides is 1. The average Bonchev–Trinajstić information content (AvgIpc) is 2.85. The number of anilines is 2. The maximum atomic E-state index is 13.4. The summed E-state index contributed by atoms with van der Waals surface area (Å²) in [6, 6.07) is 8.26. The molecular formula is C26H31FN4O4. The lowest BCUT2D eigenvalue weighted by Gasteiger charge is -2.17. The molecule has 0 aliphatic rings. The number of nitrogens with one attached hydrogen (secondary N) is 1. The number of aromatic nitrogens is 2. The molecular weight excluding hydrogens is 451 g/mol. The van der Waals surface area contributed by atoms with Gasteiger partial charge < -0.3 is 16.2 Å². The molecule has 1 aromatic heterocycles. The lowest BCUT2D eigenvalue weighted by molar-refractivity contribution is 0.102. The first-order valence-corrected chi connectivity index (χ1v) is 11.7. The van der Waals surface area contributed by atoms with E-state index < -0.39 is 23.0 Å². The summed E-state index contributed by atoms with van der Waals surface area (Å²) in [6.45, 7) is 4.08. The molecule has 0 aliphatic carbocycles. The number of hydrogen-bond donors (Lipinski definition) is 3. The molecule has 186 valence electrons. The first-order chi connectivity index (χ1) is 16.7. The number of carbonyl (C=O) groups is 1. The van der Waals surface area contributed by atoms with E-state index in [4.69, 9.17) is 5.73 Å². The van der Waals surface area contributed by atoms with Crippen molar-refractivity contribution in [3.05, 3.63) is 79.7 Å². The molecule has 0 radical (unpaired) electrons. The smallest absolute Gasteiger partial charge is 0.337 e. The van der Waals surface area contributed by atoms with Crippen molar-refractivity contribution in [1.82, 2.24) is 9.13 Å². The second-order valence-electron chi connectivity index (χ2n) is 8.52. The first-order valence-electron chi connectivity index (χ1n) is 11.7. The van der Waals surface area contributed by atoms with Crippen LogP contribution in [0.2, 0.25) is 0 Å². The zero-order valence-electron chi connectivity index (χ0n) is 20.2. The highest BCUT2D eigenvalue weighted by atomic mass is 19.1. The third-order valence-corrected chi connectivity index (χ3v) is 5.95. The number of halogens is 1. The van der Waals surface area contributed by atoms with Gasteiger partial charge in [0.25, 0.3) is 11.5 Å². The van der Waals surface area contributed by atoms with Crippen LogP contribution in [-0.2, 0) is 19.9 Å². The van der Waals surface area contributed by atoms with E-state index in [9.17, 15) is 23.9 Å². The fourth-order valence-corrected chi connectivity index (χ4v) is 3.88. The molecule has 1 heterocycles. The van der Waals surface area contributed by atoms with Gasteiger partial charge in [0.05, 0.1) is 5.69 Å². The third-order valence-electron chi connectivity index (χ3n) is 5.95. The highest BCUT2D eigenvalue weighted by Crippen LogP contribution is 2.28. The maximum absolute atomic E-state index is 13.4. The predicted octanol–water partition coefficient (Wildman–Crippen LogP) is 3.90. The number of hydrogen-bond acceptors (Lipinski definition) is 5. The van der Waals surface area contributed by atoms with Gasteiger partial charge >= 0.3 is 5.69 Å². The SMILES string of the molecule is CCCCc1cc(C(=O)Nc2c(N)n(-c3ccc(F)cc3)c(=O)n(C)c2=O)cc(CCCC)c1O. The number of unbranched alkanes of at least 4 members (excludes halogenated alkanes) is 2. The molecule has 35 heavy (non-hydrogen) atoms. The number of phenols is 1. The Morgan fingerprint density at radius 1 is 1.03 bits per heavy atom. The van der Waals surface area contributed by atoms with Crippen LogP contribution in [0.15, 0.2) is 46.0 Å². The van der Waals surface area contributed by atoms with E-state index in [2.05, 4.69) is 5.32 Å². The van der Waals surface area contributed by atoms with E-state index in [0.29, 0.717) is 24.0 Å². The standard InChI is InChI=1S/C26H31FN4O4/c1-4-6-8-16-14-18(15-17(22(16)32)9-7-5-2)24(33)29-21-23(28)31(26(35)30(3)25(21)34)20-12-10-19(27)11-13-20/h10-15,32H,4-9,28H2,1-3H3,(H,29,33). The van der Waals surface area contributed by atoms with E-state index in [0.717, 1.165) is 47.0 Å². The van der Waals surface area contributed by atoms with Crippen molar-refractivity contribution < 1.29 is 14.3 Å². The second-order valence-corrected chi connectivity index (χ2v) is 8.52. The van der Waals surface area contributed by atoms with Gasteiger partial charge in [-0.2, -0.15) is 0 Å². The van der Waals surface area contributed by atoms with Crippen LogP contribution in [0.25, 0.3) is 5.69 Å². The van der Waals surface area contributed by atoms with Gasteiger partial charge in [0.15, 0.2) is 0 Å². The Kier molecular flexibility index (Phi) is 8.11. The summed E-state index contributed by atoms with van der Waals surface area (Å²) in [5.74, 6) is -1.16. The lowest BCUT2D eigenvalue weighted by atomic mass is 9.96. The number of phenolic OH excluding ortho intramolecular Hbond substituents is 1. The van der Waals surface area contributed by atoms with E-state index >= 15 is 0 Å². The van der Waals surface area contributed by atoms with Crippen LogP contribution in [0.5, 0.6) is 5.75 Å². The van der Waals surface area contributed by atoms with Crippen LogP contribution in [0, 0.1) is 5.82 Å². The fraction of sp³-hybridized carbons (Fsp3) is 0.346. The van der Waals surface area contributed by atoms with E-state index in [-0.39, 0.29) is 28.5 Å². The quantitative estimate of drug-likeness (QED) is 0.427. The van der Waals surface area contributed by atoms with Gasteiger partial charge in [0.1, 0.15) is 23.1 Å². The van der Waals surface area contributed by atoms with Crippen LogP contribution in [0.3, 0.4) is 0 Å². The van der Waals surface area contributed by atoms with Crippen LogP contribution in [-0.4, -0.2) is 20.1 Å². The molecule has 0 saturated heterocycles. The lowest BCUT2D eigenvalue weighted by Crippen LogP contribution is -2.40. The molecule has 0 bridgehead atoms. The minimum Gasteiger partial charge on any atom is -0.507 e. The molecule has 0 spiro atoms. The van der Waals surface area contributed by atoms with Gasteiger partial charge in [-0.05, 0) is 73.2 Å². The van der Waals surface area contributed by atoms with Gasteiger partial charge in [-0.25, -0.2) is 13.8 Å². The third kappa shape index (κ3) is 5.45. The minimum atomic E-state index is -0.768. The summed E-state index contributed by atoms with van der Waals surface area (Å²) in [5, 5.41) is 13.3. The number of nitrogens with zero attached hydrogens (tertiary/aromatic N) is 2. The largest absolute Gasteiger partial charge is 0.507 e. The van der Waals surface area contributed by atoms with E-state index in [1.54, 1.807) is 12.1 Å². The molecule has 4 N–H and O–H groups in total. The van der Waals surface area contributed by atoms with Crippen molar-refractivity contribution in [2.75, 3.05) is 11.1 Å². The number of rotatable bonds is 9. The number of benzene rings is 2. The zero-order valence-corrected chi connectivity index (χ0v) is 20.2. The van der Waals surface area contributed by atoms with Crippen LogP contribution in [0.1, 0.15) is 61.0 Å². The van der Waals surface area contributed by atoms with E-state index in [1.807, 2.05) is 13.8 Å². The van der Waals surface area contributed by atoms with Gasteiger partial charge in [-0.15, -0.1) is 0 Å². The predicted molar refractivity (Wildman–Crippen MR) is 135 cm³/mol.